The molecule has 0 bridgehead atoms. The Hall–Kier alpha value is -2.46. The summed E-state index contributed by atoms with van der Waals surface area (Å²) in [5.41, 5.74) is 2.58. The van der Waals surface area contributed by atoms with E-state index in [-0.39, 0.29) is 5.75 Å². The number of para-hydroxylation sites is 1. The Balaban J connectivity index is 0.895. The predicted octanol–water partition coefficient (Wildman–Crippen LogP) is 2.69. The molecule has 0 amide bonds. The molecule has 6 heterocycles. The summed E-state index contributed by atoms with van der Waals surface area (Å²) < 4.78 is 0. The number of phenols is 1. The molecule has 5 aliphatic rings. The number of piperazine rings is 1. The van der Waals surface area contributed by atoms with Crippen molar-refractivity contribution in [2.75, 3.05) is 82.2 Å². The topological polar surface area (TPSA) is 83.0 Å². The van der Waals surface area contributed by atoms with Crippen molar-refractivity contribution in [3.63, 3.8) is 0 Å². The third-order valence-corrected chi connectivity index (χ3v) is 10.3. The molecule has 9 nitrogen and oxygen atoms in total. The smallest absolute Gasteiger partial charge is 0.172 e. The Morgan fingerprint density at radius 2 is 1.52 bits per heavy atom. The van der Waals surface area contributed by atoms with Crippen molar-refractivity contribution in [2.24, 2.45) is 5.92 Å². The fourth-order valence-corrected chi connectivity index (χ4v) is 7.99. The lowest BCUT2D eigenvalue weighted by Crippen LogP contribution is -2.58. The van der Waals surface area contributed by atoms with Crippen LogP contribution in [-0.2, 0) is 0 Å². The third kappa shape index (κ3) is 5.53. The molecule has 1 aromatic carbocycles. The summed E-state index contributed by atoms with van der Waals surface area (Å²) in [7, 11) is 0. The van der Waals surface area contributed by atoms with E-state index in [4.69, 9.17) is 0 Å². The van der Waals surface area contributed by atoms with E-state index in [1.165, 1.54) is 84.3 Å². The molecule has 0 saturated carbocycles. The van der Waals surface area contributed by atoms with Gasteiger partial charge < -0.3 is 30.4 Å². The molecular formula is C31H46N8O. The van der Waals surface area contributed by atoms with Crippen molar-refractivity contribution in [3.8, 4) is 17.0 Å². The van der Waals surface area contributed by atoms with Crippen molar-refractivity contribution >= 4 is 11.5 Å². The molecule has 4 saturated heterocycles. The lowest BCUT2D eigenvalue weighted by Gasteiger charge is -2.47. The first-order chi connectivity index (χ1) is 19.7. The molecule has 2 aromatic rings. The monoisotopic (exact) mass is 546 g/mol. The lowest BCUT2D eigenvalue weighted by atomic mass is 9.91. The summed E-state index contributed by atoms with van der Waals surface area (Å²) in [6, 6.07) is 11.5. The SMILES string of the molecule is Oc1ccccc1-c1cc2c(nn1)NC[C@H]1CN(CC3CCN(C4CCN(C5CCNCC5)CC4)CC3)CCN21. The number of likely N-dealkylation sites (tertiary alicyclic amines) is 2. The van der Waals surface area contributed by atoms with Gasteiger partial charge in [0, 0.05) is 50.4 Å². The number of aromatic nitrogens is 2. The molecule has 7 rings (SSSR count). The van der Waals surface area contributed by atoms with Crippen LogP contribution >= 0.6 is 0 Å². The number of hydrogen-bond donors (Lipinski definition) is 3. The summed E-state index contributed by atoms with van der Waals surface area (Å²) in [6.45, 7) is 12.9. The van der Waals surface area contributed by atoms with Gasteiger partial charge in [-0.3, -0.25) is 4.90 Å². The van der Waals surface area contributed by atoms with E-state index in [0.717, 1.165) is 66.9 Å². The van der Waals surface area contributed by atoms with Crippen molar-refractivity contribution in [2.45, 2.75) is 56.7 Å². The summed E-state index contributed by atoms with van der Waals surface area (Å²) in [4.78, 5) is 10.9. The van der Waals surface area contributed by atoms with Crippen molar-refractivity contribution < 1.29 is 5.11 Å². The number of hydrogen-bond acceptors (Lipinski definition) is 9. The standard InChI is InChI=1S/C31H46N8O/c40-30-4-2-1-3-27(30)28-19-29-31(35-34-28)33-20-26-22-36(17-18-39(26)29)21-23-7-13-37(14-8-23)25-9-15-38(16-10-25)24-5-11-32-12-6-24/h1-4,19,23-26,32,40H,5-18,20-22H2,(H,33,35)/t26-/m0/s1. The van der Waals surface area contributed by atoms with Gasteiger partial charge in [-0.1, -0.05) is 12.1 Å². The maximum absolute atomic E-state index is 10.3. The minimum absolute atomic E-state index is 0.246. The van der Waals surface area contributed by atoms with Gasteiger partial charge in [0.2, 0.25) is 0 Å². The minimum Gasteiger partial charge on any atom is -0.507 e. The first-order valence-electron chi connectivity index (χ1n) is 15.8. The van der Waals surface area contributed by atoms with Crippen LogP contribution in [0.25, 0.3) is 11.3 Å². The normalized spacial score (nSPS) is 26.3. The molecule has 0 aliphatic carbocycles. The number of rotatable bonds is 5. The number of aromatic hydroxyl groups is 1. The van der Waals surface area contributed by atoms with Crippen LogP contribution in [0.3, 0.4) is 0 Å². The molecule has 1 aromatic heterocycles. The molecule has 0 radical (unpaired) electrons. The first kappa shape index (κ1) is 26.4. The first-order valence-corrected chi connectivity index (χ1v) is 15.8. The van der Waals surface area contributed by atoms with Crippen LogP contribution in [0.4, 0.5) is 11.5 Å². The number of fused-ring (bicyclic) bond motifs is 3. The van der Waals surface area contributed by atoms with Gasteiger partial charge in [-0.05, 0) is 102 Å². The zero-order valence-corrected chi connectivity index (χ0v) is 23.8. The highest BCUT2D eigenvalue weighted by Gasteiger charge is 2.35. The van der Waals surface area contributed by atoms with Crippen molar-refractivity contribution in [1.82, 2.24) is 30.2 Å². The van der Waals surface area contributed by atoms with Crippen LogP contribution in [0.5, 0.6) is 5.75 Å². The van der Waals surface area contributed by atoms with Crippen molar-refractivity contribution in [3.05, 3.63) is 30.3 Å². The zero-order chi connectivity index (χ0) is 26.9. The Morgan fingerprint density at radius 1 is 0.800 bits per heavy atom. The molecule has 4 fully saturated rings. The molecule has 0 spiro atoms. The van der Waals surface area contributed by atoms with Gasteiger partial charge in [-0.25, -0.2) is 0 Å². The van der Waals surface area contributed by atoms with Gasteiger partial charge >= 0.3 is 0 Å². The van der Waals surface area contributed by atoms with Crippen LogP contribution in [-0.4, -0.2) is 120 Å². The molecule has 1 atom stereocenters. The fraction of sp³-hybridized carbons (Fsp3) is 0.677. The predicted molar refractivity (Wildman–Crippen MR) is 160 cm³/mol. The van der Waals surface area contributed by atoms with Gasteiger partial charge in [-0.2, -0.15) is 0 Å². The third-order valence-electron chi connectivity index (χ3n) is 10.3. The molecule has 5 aliphatic heterocycles. The molecule has 216 valence electrons. The number of anilines is 2. The van der Waals surface area contributed by atoms with Crippen LogP contribution in [0.1, 0.15) is 38.5 Å². The number of piperidine rings is 3. The minimum atomic E-state index is 0.246. The van der Waals surface area contributed by atoms with E-state index in [9.17, 15) is 5.11 Å². The summed E-state index contributed by atoms with van der Waals surface area (Å²) in [5, 5.41) is 26.3. The maximum atomic E-state index is 10.3. The average Bonchev–Trinajstić information content (AvgIpc) is 3.02. The maximum Gasteiger partial charge on any atom is 0.172 e. The second-order valence-corrected chi connectivity index (χ2v) is 12.7. The summed E-state index contributed by atoms with van der Waals surface area (Å²) in [5.74, 6) is 1.92. The Kier molecular flexibility index (Phi) is 7.80. The van der Waals surface area contributed by atoms with Crippen LogP contribution in [0.15, 0.2) is 30.3 Å². The van der Waals surface area contributed by atoms with Crippen LogP contribution in [0.2, 0.25) is 0 Å². The van der Waals surface area contributed by atoms with Crippen molar-refractivity contribution in [1.29, 1.82) is 0 Å². The lowest BCUT2D eigenvalue weighted by molar-refractivity contribution is 0.0481. The van der Waals surface area contributed by atoms with Crippen LogP contribution in [0, 0.1) is 5.92 Å². The van der Waals surface area contributed by atoms with Gasteiger partial charge in [0.1, 0.15) is 5.75 Å². The number of phenolic OH excluding ortho intramolecular Hbond substituents is 1. The van der Waals surface area contributed by atoms with E-state index in [0.29, 0.717) is 6.04 Å². The van der Waals surface area contributed by atoms with E-state index < -0.39 is 0 Å². The Bertz CT molecular complexity index is 1140. The highest BCUT2D eigenvalue weighted by Crippen LogP contribution is 2.36. The summed E-state index contributed by atoms with van der Waals surface area (Å²) in [6.07, 6.45) is 8.09. The highest BCUT2D eigenvalue weighted by atomic mass is 16.3. The van der Waals surface area contributed by atoms with E-state index in [1.54, 1.807) is 6.07 Å². The fourth-order valence-electron chi connectivity index (χ4n) is 7.99. The average molecular weight is 547 g/mol. The number of nitrogens with one attached hydrogen (secondary N) is 2. The van der Waals surface area contributed by atoms with Gasteiger partial charge in [0.05, 0.1) is 17.4 Å². The van der Waals surface area contributed by atoms with E-state index in [2.05, 4.69) is 46.5 Å². The van der Waals surface area contributed by atoms with E-state index in [1.807, 2.05) is 18.2 Å². The quantitative estimate of drug-likeness (QED) is 0.524. The zero-order valence-electron chi connectivity index (χ0n) is 23.8. The largest absolute Gasteiger partial charge is 0.507 e. The Labute approximate surface area is 238 Å². The number of nitrogens with zero attached hydrogens (tertiary/aromatic N) is 6. The second kappa shape index (κ2) is 11.8. The van der Waals surface area contributed by atoms with Gasteiger partial charge in [-0.15, -0.1) is 10.2 Å². The Morgan fingerprint density at radius 3 is 2.30 bits per heavy atom. The number of benzene rings is 1. The van der Waals surface area contributed by atoms with Gasteiger partial charge in [0.15, 0.2) is 5.82 Å². The molecular weight excluding hydrogens is 500 g/mol. The van der Waals surface area contributed by atoms with Crippen LogP contribution < -0.4 is 15.5 Å². The highest BCUT2D eigenvalue weighted by molar-refractivity contribution is 5.76. The van der Waals surface area contributed by atoms with Gasteiger partial charge in [0.25, 0.3) is 0 Å². The second-order valence-electron chi connectivity index (χ2n) is 12.7. The molecule has 40 heavy (non-hydrogen) atoms. The summed E-state index contributed by atoms with van der Waals surface area (Å²) >= 11 is 0. The van der Waals surface area contributed by atoms with E-state index >= 15 is 0 Å². The molecule has 0 unspecified atom stereocenters. The molecule has 3 N–H and O–H groups in total. The molecule has 9 heteroatoms.